The fourth-order valence-corrected chi connectivity index (χ4v) is 4.67. The number of sulfonamides is 1. The van der Waals surface area contributed by atoms with E-state index in [1.807, 2.05) is 4.90 Å². The molecule has 0 atom stereocenters. The van der Waals surface area contributed by atoms with E-state index in [1.165, 1.54) is 4.31 Å². The Kier molecular flexibility index (Phi) is 4.93. The van der Waals surface area contributed by atoms with Gasteiger partial charge < -0.3 is 9.80 Å². The van der Waals surface area contributed by atoms with E-state index in [0.29, 0.717) is 31.1 Å². The van der Waals surface area contributed by atoms with Crippen LogP contribution in [0.4, 0.5) is 4.79 Å². The topological polar surface area (TPSA) is 60.9 Å². The van der Waals surface area contributed by atoms with E-state index in [-0.39, 0.29) is 6.03 Å². The molecular formula is C15H20BrN3O3S. The molecule has 126 valence electrons. The molecule has 0 saturated carbocycles. The molecule has 3 rings (SSSR count). The number of urea groups is 1. The standard InChI is InChI=1S/C15H20BrN3O3S/c16-13-3-5-14(6-4-13)23(21,22)19-11-9-18(10-12-19)15(20)17-7-1-2-8-17/h3-6H,1-2,7-12H2. The highest BCUT2D eigenvalue weighted by atomic mass is 79.9. The molecule has 2 amide bonds. The van der Waals surface area contributed by atoms with Crippen LogP contribution in [0.25, 0.3) is 0 Å². The van der Waals surface area contributed by atoms with Crippen LogP contribution in [0.5, 0.6) is 0 Å². The number of likely N-dealkylation sites (tertiary alicyclic amines) is 1. The second kappa shape index (κ2) is 6.78. The van der Waals surface area contributed by atoms with Crippen LogP contribution in [0.2, 0.25) is 0 Å². The predicted molar refractivity (Wildman–Crippen MR) is 90.7 cm³/mol. The third kappa shape index (κ3) is 3.54. The summed E-state index contributed by atoms with van der Waals surface area (Å²) in [5, 5.41) is 0. The Hall–Kier alpha value is -1.12. The summed E-state index contributed by atoms with van der Waals surface area (Å²) in [4.78, 5) is 16.3. The maximum Gasteiger partial charge on any atom is 0.320 e. The second-order valence-corrected chi connectivity index (χ2v) is 8.68. The van der Waals surface area contributed by atoms with Crippen molar-refractivity contribution in [2.45, 2.75) is 17.7 Å². The molecule has 2 aliphatic rings. The number of carbonyl (C=O) groups excluding carboxylic acids is 1. The summed E-state index contributed by atoms with van der Waals surface area (Å²) in [6, 6.07) is 6.69. The first-order valence-electron chi connectivity index (χ1n) is 7.78. The Morgan fingerprint density at radius 1 is 0.870 bits per heavy atom. The number of carbonyl (C=O) groups is 1. The molecule has 0 spiro atoms. The van der Waals surface area contributed by atoms with Crippen molar-refractivity contribution in [3.8, 4) is 0 Å². The first-order valence-corrected chi connectivity index (χ1v) is 10.0. The molecule has 6 nitrogen and oxygen atoms in total. The van der Waals surface area contributed by atoms with Gasteiger partial charge in [0.15, 0.2) is 0 Å². The third-order valence-electron chi connectivity index (χ3n) is 4.34. The van der Waals surface area contributed by atoms with Gasteiger partial charge in [-0.15, -0.1) is 0 Å². The van der Waals surface area contributed by atoms with E-state index in [1.54, 1.807) is 29.2 Å². The van der Waals surface area contributed by atoms with Crippen LogP contribution in [0.3, 0.4) is 0 Å². The van der Waals surface area contributed by atoms with Crippen molar-refractivity contribution in [2.75, 3.05) is 39.3 Å². The molecule has 0 aliphatic carbocycles. The van der Waals surface area contributed by atoms with Crippen molar-refractivity contribution in [1.82, 2.24) is 14.1 Å². The van der Waals surface area contributed by atoms with E-state index in [2.05, 4.69) is 15.9 Å². The maximum absolute atomic E-state index is 12.6. The van der Waals surface area contributed by atoms with Crippen molar-refractivity contribution >= 4 is 32.0 Å². The number of hydrogen-bond donors (Lipinski definition) is 0. The summed E-state index contributed by atoms with van der Waals surface area (Å²) in [6.07, 6.45) is 2.12. The van der Waals surface area contributed by atoms with Gasteiger partial charge in [-0.05, 0) is 37.1 Å². The average molecular weight is 402 g/mol. The molecule has 0 aromatic heterocycles. The zero-order valence-corrected chi connectivity index (χ0v) is 15.2. The quantitative estimate of drug-likeness (QED) is 0.760. The summed E-state index contributed by atoms with van der Waals surface area (Å²) in [7, 11) is -3.49. The van der Waals surface area contributed by atoms with Crippen LogP contribution < -0.4 is 0 Å². The monoisotopic (exact) mass is 401 g/mol. The molecule has 23 heavy (non-hydrogen) atoms. The third-order valence-corrected chi connectivity index (χ3v) is 6.78. The molecular weight excluding hydrogens is 382 g/mol. The molecule has 2 fully saturated rings. The van der Waals surface area contributed by atoms with Gasteiger partial charge in [-0.2, -0.15) is 4.31 Å². The van der Waals surface area contributed by atoms with E-state index < -0.39 is 10.0 Å². The largest absolute Gasteiger partial charge is 0.325 e. The number of halogens is 1. The summed E-state index contributed by atoms with van der Waals surface area (Å²) >= 11 is 3.31. The second-order valence-electron chi connectivity index (χ2n) is 5.82. The van der Waals surface area contributed by atoms with Crippen molar-refractivity contribution < 1.29 is 13.2 Å². The Bertz CT molecular complexity index is 664. The van der Waals surface area contributed by atoms with Crippen LogP contribution in [-0.4, -0.2) is 67.8 Å². The number of rotatable bonds is 2. The zero-order valence-electron chi connectivity index (χ0n) is 12.8. The summed E-state index contributed by atoms with van der Waals surface area (Å²) in [5.74, 6) is 0. The highest BCUT2D eigenvalue weighted by molar-refractivity contribution is 9.10. The molecule has 0 bridgehead atoms. The predicted octanol–water partition coefficient (Wildman–Crippen LogP) is 1.97. The lowest BCUT2D eigenvalue weighted by Gasteiger charge is -2.36. The fraction of sp³-hybridized carbons (Fsp3) is 0.533. The molecule has 2 aliphatic heterocycles. The van der Waals surface area contributed by atoms with E-state index in [4.69, 9.17) is 0 Å². The van der Waals surface area contributed by atoms with Crippen molar-refractivity contribution in [1.29, 1.82) is 0 Å². The zero-order chi connectivity index (χ0) is 16.4. The van der Waals surface area contributed by atoms with Crippen molar-refractivity contribution in [3.05, 3.63) is 28.7 Å². The molecule has 1 aromatic carbocycles. The van der Waals surface area contributed by atoms with Gasteiger partial charge >= 0.3 is 6.03 Å². The van der Waals surface area contributed by atoms with E-state index >= 15 is 0 Å². The Labute approximate surface area is 145 Å². The Balaban J connectivity index is 1.64. The van der Waals surface area contributed by atoms with Crippen LogP contribution >= 0.6 is 15.9 Å². The lowest BCUT2D eigenvalue weighted by molar-refractivity contribution is 0.142. The summed E-state index contributed by atoms with van der Waals surface area (Å²) in [6.45, 7) is 3.22. The smallest absolute Gasteiger partial charge is 0.320 e. The first-order chi connectivity index (χ1) is 11.0. The molecule has 2 heterocycles. The number of nitrogens with zero attached hydrogens (tertiary/aromatic N) is 3. The van der Waals surface area contributed by atoms with Gasteiger partial charge in [0.1, 0.15) is 0 Å². The minimum atomic E-state index is -3.49. The fourth-order valence-electron chi connectivity index (χ4n) is 2.98. The maximum atomic E-state index is 12.6. The van der Waals surface area contributed by atoms with Gasteiger partial charge in [0.2, 0.25) is 10.0 Å². The summed E-state index contributed by atoms with van der Waals surface area (Å²) < 4.78 is 27.6. The van der Waals surface area contributed by atoms with Crippen LogP contribution in [0.1, 0.15) is 12.8 Å². The van der Waals surface area contributed by atoms with Crippen molar-refractivity contribution in [3.63, 3.8) is 0 Å². The number of piperazine rings is 1. The minimum absolute atomic E-state index is 0.0446. The van der Waals surface area contributed by atoms with Crippen molar-refractivity contribution in [2.24, 2.45) is 0 Å². The SMILES string of the molecule is O=C(N1CCCC1)N1CCN(S(=O)(=O)c2ccc(Br)cc2)CC1. The van der Waals surface area contributed by atoms with Crippen LogP contribution in [0.15, 0.2) is 33.6 Å². The lowest BCUT2D eigenvalue weighted by Crippen LogP contribution is -2.53. The Morgan fingerprint density at radius 3 is 1.96 bits per heavy atom. The van der Waals surface area contributed by atoms with Gasteiger partial charge in [0.05, 0.1) is 4.90 Å². The highest BCUT2D eigenvalue weighted by Crippen LogP contribution is 2.21. The molecule has 8 heteroatoms. The molecule has 0 N–H and O–H groups in total. The Morgan fingerprint density at radius 2 is 1.39 bits per heavy atom. The van der Waals surface area contributed by atoms with E-state index in [0.717, 1.165) is 30.4 Å². The molecule has 0 radical (unpaired) electrons. The molecule has 0 unspecified atom stereocenters. The normalized spacial score (nSPS) is 20.0. The molecule has 1 aromatic rings. The van der Waals surface area contributed by atoms with Gasteiger partial charge in [0, 0.05) is 43.7 Å². The van der Waals surface area contributed by atoms with Gasteiger partial charge in [0.25, 0.3) is 0 Å². The molecule has 2 saturated heterocycles. The minimum Gasteiger partial charge on any atom is -0.325 e. The number of hydrogen-bond acceptors (Lipinski definition) is 3. The van der Waals surface area contributed by atoms with E-state index in [9.17, 15) is 13.2 Å². The van der Waals surface area contributed by atoms with Crippen LogP contribution in [-0.2, 0) is 10.0 Å². The van der Waals surface area contributed by atoms with Crippen LogP contribution in [0, 0.1) is 0 Å². The van der Waals surface area contributed by atoms with Gasteiger partial charge in [-0.1, -0.05) is 15.9 Å². The highest BCUT2D eigenvalue weighted by Gasteiger charge is 2.32. The van der Waals surface area contributed by atoms with Gasteiger partial charge in [-0.3, -0.25) is 0 Å². The average Bonchev–Trinajstić information content (AvgIpc) is 3.09. The lowest BCUT2D eigenvalue weighted by atomic mass is 10.4. The first kappa shape index (κ1) is 16.7. The number of amides is 2. The van der Waals surface area contributed by atoms with Gasteiger partial charge in [-0.25, -0.2) is 13.2 Å². The number of benzene rings is 1. The summed E-state index contributed by atoms with van der Waals surface area (Å²) in [5.41, 5.74) is 0.